The first-order valence-corrected chi connectivity index (χ1v) is 7.28. The van der Waals surface area contributed by atoms with Crippen molar-refractivity contribution in [3.8, 4) is 0 Å². The van der Waals surface area contributed by atoms with E-state index in [9.17, 15) is 14.7 Å². The first-order chi connectivity index (χ1) is 9.95. The average molecular weight is 290 g/mol. The van der Waals surface area contributed by atoms with Gasteiger partial charge in [-0.2, -0.15) is 0 Å². The highest BCUT2D eigenvalue weighted by atomic mass is 16.3. The molecule has 0 saturated carbocycles. The summed E-state index contributed by atoms with van der Waals surface area (Å²) in [6.07, 6.45) is 0.909. The summed E-state index contributed by atoms with van der Waals surface area (Å²) in [5.41, 5.74) is 2.63. The maximum Gasteiger partial charge on any atom is 0.251 e. The van der Waals surface area contributed by atoms with Gasteiger partial charge in [0.15, 0.2) is 0 Å². The molecule has 114 valence electrons. The third-order valence-corrected chi connectivity index (χ3v) is 3.70. The van der Waals surface area contributed by atoms with Gasteiger partial charge in [-0.05, 0) is 38.8 Å². The summed E-state index contributed by atoms with van der Waals surface area (Å²) in [6.45, 7) is 4.99. The maximum atomic E-state index is 12.1. The van der Waals surface area contributed by atoms with Crippen molar-refractivity contribution in [2.45, 2.75) is 32.8 Å². The minimum Gasteiger partial charge on any atom is -0.393 e. The molecular weight excluding hydrogens is 268 g/mol. The van der Waals surface area contributed by atoms with E-state index in [-0.39, 0.29) is 24.5 Å². The summed E-state index contributed by atoms with van der Waals surface area (Å²) < 4.78 is 0. The van der Waals surface area contributed by atoms with Crippen LogP contribution in [0.25, 0.3) is 0 Å². The van der Waals surface area contributed by atoms with Crippen LogP contribution in [0.1, 0.15) is 34.3 Å². The van der Waals surface area contributed by atoms with Crippen molar-refractivity contribution in [3.63, 3.8) is 0 Å². The molecule has 1 aliphatic heterocycles. The molecule has 0 aromatic heterocycles. The highest BCUT2D eigenvalue weighted by Gasteiger charge is 2.21. The number of benzene rings is 1. The molecule has 0 spiro atoms. The number of aliphatic hydroxyl groups excluding tert-OH is 1. The van der Waals surface area contributed by atoms with E-state index in [4.69, 9.17) is 0 Å². The molecule has 2 rings (SSSR count). The van der Waals surface area contributed by atoms with Crippen molar-refractivity contribution in [1.29, 1.82) is 0 Å². The fourth-order valence-electron chi connectivity index (χ4n) is 2.59. The third-order valence-electron chi connectivity index (χ3n) is 3.70. The summed E-state index contributed by atoms with van der Waals surface area (Å²) in [7, 11) is 0. The third kappa shape index (κ3) is 4.29. The van der Waals surface area contributed by atoms with Gasteiger partial charge in [-0.15, -0.1) is 0 Å². The van der Waals surface area contributed by atoms with Crippen molar-refractivity contribution >= 4 is 11.8 Å². The Balaban J connectivity index is 1.87. The molecule has 1 aromatic rings. The van der Waals surface area contributed by atoms with E-state index in [0.717, 1.165) is 11.1 Å². The molecule has 0 bridgehead atoms. The molecule has 0 atom stereocenters. The van der Waals surface area contributed by atoms with Crippen LogP contribution in [0.15, 0.2) is 18.2 Å². The lowest BCUT2D eigenvalue weighted by molar-refractivity contribution is -0.132. The molecule has 21 heavy (non-hydrogen) atoms. The van der Waals surface area contributed by atoms with E-state index in [1.807, 2.05) is 32.0 Å². The molecule has 0 unspecified atom stereocenters. The first-order valence-electron chi connectivity index (χ1n) is 7.28. The fraction of sp³-hybridized carbons (Fsp3) is 0.500. The molecule has 1 aromatic carbocycles. The Labute approximate surface area is 125 Å². The number of aryl methyl sites for hydroxylation is 2. The van der Waals surface area contributed by atoms with Gasteiger partial charge in [0.1, 0.15) is 0 Å². The first kappa shape index (κ1) is 15.5. The summed E-state index contributed by atoms with van der Waals surface area (Å²) in [6, 6.07) is 5.62. The van der Waals surface area contributed by atoms with Gasteiger partial charge in [-0.1, -0.05) is 17.2 Å². The number of nitrogens with one attached hydrogen (secondary N) is 1. The molecule has 1 saturated heterocycles. The van der Waals surface area contributed by atoms with Gasteiger partial charge >= 0.3 is 0 Å². The zero-order chi connectivity index (χ0) is 15.4. The molecule has 1 fully saturated rings. The van der Waals surface area contributed by atoms with Gasteiger partial charge in [-0.3, -0.25) is 9.59 Å². The number of hydrogen-bond donors (Lipinski definition) is 2. The van der Waals surface area contributed by atoms with Crippen molar-refractivity contribution in [2.75, 3.05) is 19.6 Å². The normalized spacial score (nSPS) is 15.9. The Bertz CT molecular complexity index is 514. The zero-order valence-electron chi connectivity index (χ0n) is 12.6. The Hall–Kier alpha value is -1.88. The van der Waals surface area contributed by atoms with Gasteiger partial charge in [-0.25, -0.2) is 0 Å². The van der Waals surface area contributed by atoms with Crippen LogP contribution in [0, 0.1) is 13.8 Å². The van der Waals surface area contributed by atoms with Gasteiger partial charge in [0.2, 0.25) is 5.91 Å². The minimum absolute atomic E-state index is 0.00190. The van der Waals surface area contributed by atoms with Crippen LogP contribution >= 0.6 is 0 Å². The van der Waals surface area contributed by atoms with Crippen molar-refractivity contribution in [3.05, 3.63) is 34.9 Å². The molecule has 0 radical (unpaired) electrons. The number of carbonyl (C=O) groups is 2. The van der Waals surface area contributed by atoms with Crippen LogP contribution in [-0.4, -0.2) is 47.6 Å². The van der Waals surface area contributed by atoms with Crippen molar-refractivity contribution in [1.82, 2.24) is 10.2 Å². The molecule has 1 aliphatic rings. The van der Waals surface area contributed by atoms with E-state index >= 15 is 0 Å². The van der Waals surface area contributed by atoms with Crippen LogP contribution in [0.4, 0.5) is 0 Å². The number of hydrogen-bond acceptors (Lipinski definition) is 3. The number of rotatable bonds is 3. The van der Waals surface area contributed by atoms with Crippen LogP contribution in [0.2, 0.25) is 0 Å². The molecule has 2 amide bonds. The van der Waals surface area contributed by atoms with Gasteiger partial charge in [0.05, 0.1) is 12.6 Å². The molecule has 5 heteroatoms. The fourth-order valence-corrected chi connectivity index (χ4v) is 2.59. The SMILES string of the molecule is Cc1cc(C)cc(C(=O)NCC(=O)N2CCC(O)CC2)c1. The second kappa shape index (κ2) is 6.72. The van der Waals surface area contributed by atoms with E-state index in [0.29, 0.717) is 31.5 Å². The molecule has 2 N–H and O–H groups in total. The zero-order valence-corrected chi connectivity index (χ0v) is 12.6. The lowest BCUT2D eigenvalue weighted by atomic mass is 10.1. The second-order valence-electron chi connectivity index (χ2n) is 5.67. The Morgan fingerprint density at radius 3 is 2.33 bits per heavy atom. The largest absolute Gasteiger partial charge is 0.393 e. The van der Waals surface area contributed by atoms with E-state index in [2.05, 4.69) is 5.32 Å². The van der Waals surface area contributed by atoms with Gasteiger partial charge in [0.25, 0.3) is 5.91 Å². The van der Waals surface area contributed by atoms with Crippen LogP contribution in [0.3, 0.4) is 0 Å². The predicted molar refractivity (Wildman–Crippen MR) is 80.1 cm³/mol. The molecule has 5 nitrogen and oxygen atoms in total. The Morgan fingerprint density at radius 2 is 1.76 bits per heavy atom. The lowest BCUT2D eigenvalue weighted by Crippen LogP contribution is -2.45. The number of aliphatic hydroxyl groups is 1. The Morgan fingerprint density at radius 1 is 1.19 bits per heavy atom. The number of carbonyl (C=O) groups excluding carboxylic acids is 2. The van der Waals surface area contributed by atoms with E-state index in [1.165, 1.54) is 0 Å². The molecule has 0 aliphatic carbocycles. The standard InChI is InChI=1S/C16H22N2O3/c1-11-7-12(2)9-13(8-11)16(21)17-10-15(20)18-5-3-14(19)4-6-18/h7-9,14,19H,3-6,10H2,1-2H3,(H,17,21). The summed E-state index contributed by atoms with van der Waals surface area (Å²) in [5.74, 6) is -0.327. The van der Waals surface area contributed by atoms with Crippen molar-refractivity contribution in [2.24, 2.45) is 0 Å². The quantitative estimate of drug-likeness (QED) is 0.873. The molecular formula is C16H22N2O3. The van der Waals surface area contributed by atoms with Gasteiger partial charge < -0.3 is 15.3 Å². The summed E-state index contributed by atoms with van der Waals surface area (Å²) in [4.78, 5) is 25.8. The number of amides is 2. The highest BCUT2D eigenvalue weighted by molar-refractivity contribution is 5.96. The number of likely N-dealkylation sites (tertiary alicyclic amines) is 1. The van der Waals surface area contributed by atoms with Crippen LogP contribution in [0.5, 0.6) is 0 Å². The van der Waals surface area contributed by atoms with E-state index < -0.39 is 0 Å². The maximum absolute atomic E-state index is 12.1. The van der Waals surface area contributed by atoms with Crippen LogP contribution < -0.4 is 5.32 Å². The average Bonchev–Trinajstić information content (AvgIpc) is 2.44. The monoisotopic (exact) mass is 290 g/mol. The second-order valence-corrected chi connectivity index (χ2v) is 5.67. The Kier molecular flexibility index (Phi) is 4.96. The minimum atomic E-state index is -0.307. The lowest BCUT2D eigenvalue weighted by Gasteiger charge is -2.29. The smallest absolute Gasteiger partial charge is 0.251 e. The number of piperidine rings is 1. The predicted octanol–water partition coefficient (Wildman–Crippen LogP) is 1.02. The van der Waals surface area contributed by atoms with Gasteiger partial charge in [0, 0.05) is 18.7 Å². The highest BCUT2D eigenvalue weighted by Crippen LogP contribution is 2.10. The number of nitrogens with zero attached hydrogens (tertiary/aromatic N) is 1. The van der Waals surface area contributed by atoms with E-state index in [1.54, 1.807) is 4.90 Å². The molecule has 1 heterocycles. The summed E-state index contributed by atoms with van der Waals surface area (Å²) >= 11 is 0. The van der Waals surface area contributed by atoms with Crippen molar-refractivity contribution < 1.29 is 14.7 Å². The topological polar surface area (TPSA) is 69.6 Å². The van der Waals surface area contributed by atoms with Crippen LogP contribution in [-0.2, 0) is 4.79 Å². The summed E-state index contributed by atoms with van der Waals surface area (Å²) in [5, 5.41) is 12.1.